The van der Waals surface area contributed by atoms with E-state index in [0.29, 0.717) is 16.4 Å². The van der Waals surface area contributed by atoms with Gasteiger partial charge in [-0.2, -0.15) is 0 Å². The predicted molar refractivity (Wildman–Crippen MR) is 90.3 cm³/mol. The van der Waals surface area contributed by atoms with E-state index < -0.39 is 11.2 Å². The summed E-state index contributed by atoms with van der Waals surface area (Å²) in [4.78, 5) is 40.3. The average Bonchev–Trinajstić information content (AvgIpc) is 2.96. The number of aryl methyl sites for hydroxylation is 1. The van der Waals surface area contributed by atoms with Crippen LogP contribution >= 0.6 is 11.6 Å². The van der Waals surface area contributed by atoms with Gasteiger partial charge >= 0.3 is 5.69 Å². The Morgan fingerprint density at radius 2 is 1.83 bits per heavy atom. The molecule has 0 bridgehead atoms. The fourth-order valence-electron chi connectivity index (χ4n) is 2.44. The van der Waals surface area contributed by atoms with E-state index in [1.165, 1.54) is 29.6 Å². The maximum Gasteiger partial charge on any atom is 0.332 e. The minimum Gasteiger partial charge on any atom is -0.325 e. The summed E-state index contributed by atoms with van der Waals surface area (Å²) >= 11 is 5.80. The second kappa shape index (κ2) is 5.97. The topological polar surface area (TPSA) is 90.9 Å². The summed E-state index contributed by atoms with van der Waals surface area (Å²) in [7, 11) is 2.91. The molecule has 8 nitrogen and oxygen atoms in total. The highest BCUT2D eigenvalue weighted by molar-refractivity contribution is 6.30. The number of aromatic nitrogens is 4. The molecule has 0 saturated heterocycles. The maximum absolute atomic E-state index is 12.2. The molecule has 0 aliphatic carbocycles. The van der Waals surface area contributed by atoms with E-state index >= 15 is 0 Å². The number of anilines is 1. The molecular weight excluding hydrogens is 334 g/mol. The first kappa shape index (κ1) is 16.0. The molecule has 124 valence electrons. The van der Waals surface area contributed by atoms with Gasteiger partial charge in [0.15, 0.2) is 5.52 Å². The molecule has 0 aliphatic heterocycles. The van der Waals surface area contributed by atoms with Crippen molar-refractivity contribution in [3.63, 3.8) is 0 Å². The number of fused-ring (bicyclic) bond motifs is 1. The molecule has 3 rings (SSSR count). The number of nitrogens with zero attached hydrogens (tertiary/aromatic N) is 4. The summed E-state index contributed by atoms with van der Waals surface area (Å²) in [5.41, 5.74) is 0.0594. The van der Waals surface area contributed by atoms with Crippen molar-refractivity contribution in [3.05, 3.63) is 56.5 Å². The summed E-state index contributed by atoms with van der Waals surface area (Å²) in [6.07, 6.45) is 1.37. The molecule has 24 heavy (non-hydrogen) atoms. The number of nitrogens with one attached hydrogen (secondary N) is 1. The van der Waals surface area contributed by atoms with E-state index in [9.17, 15) is 14.4 Å². The number of carbonyl (C=O) groups is 1. The van der Waals surface area contributed by atoms with E-state index in [1.807, 2.05) is 0 Å². The number of benzene rings is 1. The van der Waals surface area contributed by atoms with Crippen LogP contribution in [0.4, 0.5) is 5.69 Å². The first-order chi connectivity index (χ1) is 11.4. The molecule has 9 heteroatoms. The summed E-state index contributed by atoms with van der Waals surface area (Å²) < 4.78 is 3.73. The lowest BCUT2D eigenvalue weighted by atomic mass is 10.3. The van der Waals surface area contributed by atoms with E-state index in [0.717, 1.165) is 4.57 Å². The molecular formula is C15H14ClN5O3. The van der Waals surface area contributed by atoms with Gasteiger partial charge in [-0.1, -0.05) is 11.6 Å². The van der Waals surface area contributed by atoms with Crippen LogP contribution in [0.15, 0.2) is 40.2 Å². The third-order valence-electron chi connectivity index (χ3n) is 3.65. The van der Waals surface area contributed by atoms with Gasteiger partial charge < -0.3 is 9.88 Å². The van der Waals surface area contributed by atoms with Crippen molar-refractivity contribution >= 4 is 34.4 Å². The highest BCUT2D eigenvalue weighted by Crippen LogP contribution is 2.13. The summed E-state index contributed by atoms with van der Waals surface area (Å²) in [6, 6.07) is 6.68. The quantitative estimate of drug-likeness (QED) is 0.756. The third-order valence-corrected chi connectivity index (χ3v) is 3.90. The Labute approximate surface area is 140 Å². The minimum atomic E-state index is -0.495. The summed E-state index contributed by atoms with van der Waals surface area (Å²) in [5.74, 6) is -0.315. The number of halogens is 1. The van der Waals surface area contributed by atoms with Crippen LogP contribution in [0.25, 0.3) is 11.2 Å². The molecule has 1 aromatic carbocycles. The third kappa shape index (κ3) is 2.71. The maximum atomic E-state index is 12.2. The highest BCUT2D eigenvalue weighted by atomic mass is 35.5. The largest absolute Gasteiger partial charge is 0.332 e. The van der Waals surface area contributed by atoms with Crippen molar-refractivity contribution in [2.45, 2.75) is 6.54 Å². The molecule has 0 saturated carbocycles. The standard InChI is InChI=1S/C15H14ClN5O3/c1-19-13-12(14(23)20(2)15(19)24)17-8-21(13)7-11(22)18-10-5-3-9(16)4-6-10/h3-6,8H,7H2,1-2H3,(H,18,22). The fraction of sp³-hybridized carbons (Fsp3) is 0.200. The first-order valence-corrected chi connectivity index (χ1v) is 7.42. The molecule has 2 heterocycles. The second-order valence-electron chi connectivity index (χ2n) is 5.31. The van der Waals surface area contributed by atoms with Gasteiger partial charge in [0.25, 0.3) is 5.56 Å². The lowest BCUT2D eigenvalue weighted by molar-refractivity contribution is -0.116. The Morgan fingerprint density at radius 3 is 2.50 bits per heavy atom. The van der Waals surface area contributed by atoms with Crippen LogP contribution in [0.1, 0.15) is 0 Å². The number of carbonyl (C=O) groups excluding carboxylic acids is 1. The molecule has 0 atom stereocenters. The predicted octanol–water partition coefficient (Wildman–Crippen LogP) is 0.726. The van der Waals surface area contributed by atoms with Crippen molar-refractivity contribution in [1.29, 1.82) is 0 Å². The van der Waals surface area contributed by atoms with Crippen LogP contribution < -0.4 is 16.6 Å². The van der Waals surface area contributed by atoms with Gasteiger partial charge in [0, 0.05) is 24.8 Å². The highest BCUT2D eigenvalue weighted by Gasteiger charge is 2.15. The van der Waals surface area contributed by atoms with Crippen molar-refractivity contribution in [2.75, 3.05) is 5.32 Å². The van der Waals surface area contributed by atoms with Gasteiger partial charge in [-0.15, -0.1) is 0 Å². The number of rotatable bonds is 3. The lowest BCUT2D eigenvalue weighted by Crippen LogP contribution is -2.37. The first-order valence-electron chi connectivity index (χ1n) is 7.04. The van der Waals surface area contributed by atoms with E-state index in [-0.39, 0.29) is 18.0 Å². The van der Waals surface area contributed by atoms with Crippen LogP contribution in [0, 0.1) is 0 Å². The average molecular weight is 348 g/mol. The van der Waals surface area contributed by atoms with E-state index in [4.69, 9.17) is 11.6 Å². The van der Waals surface area contributed by atoms with Gasteiger partial charge in [0.2, 0.25) is 5.91 Å². The zero-order chi connectivity index (χ0) is 17.4. The molecule has 0 spiro atoms. The number of hydrogen-bond acceptors (Lipinski definition) is 4. The smallest absolute Gasteiger partial charge is 0.325 e. The number of imidazole rings is 1. The molecule has 1 N–H and O–H groups in total. The summed E-state index contributed by atoms with van der Waals surface area (Å²) in [6.45, 7) is -0.0838. The van der Waals surface area contributed by atoms with Gasteiger partial charge in [-0.25, -0.2) is 9.78 Å². The van der Waals surface area contributed by atoms with Gasteiger partial charge in [0.1, 0.15) is 12.2 Å². The molecule has 0 radical (unpaired) electrons. The summed E-state index contributed by atoms with van der Waals surface area (Å²) in [5, 5.41) is 3.28. The Morgan fingerprint density at radius 1 is 1.17 bits per heavy atom. The van der Waals surface area contributed by atoms with Crippen molar-refractivity contribution < 1.29 is 4.79 Å². The number of amides is 1. The minimum absolute atomic E-state index is 0.0838. The Kier molecular flexibility index (Phi) is 3.98. The van der Waals surface area contributed by atoms with Crippen molar-refractivity contribution in [1.82, 2.24) is 18.7 Å². The van der Waals surface area contributed by atoms with Crippen LogP contribution in [-0.2, 0) is 25.4 Å². The van der Waals surface area contributed by atoms with Crippen molar-refractivity contribution in [2.24, 2.45) is 14.1 Å². The van der Waals surface area contributed by atoms with Gasteiger partial charge in [-0.05, 0) is 24.3 Å². The SMILES string of the molecule is Cn1c(=O)c2ncn(CC(=O)Nc3ccc(Cl)cc3)c2n(C)c1=O. The van der Waals surface area contributed by atoms with Crippen LogP contribution in [-0.4, -0.2) is 24.6 Å². The molecule has 0 aliphatic rings. The normalized spacial score (nSPS) is 11.0. The molecule has 1 amide bonds. The molecule has 0 unspecified atom stereocenters. The monoisotopic (exact) mass is 347 g/mol. The molecule has 0 fully saturated rings. The molecule has 2 aromatic heterocycles. The van der Waals surface area contributed by atoms with Gasteiger partial charge in [-0.3, -0.25) is 18.7 Å². The van der Waals surface area contributed by atoms with E-state index in [1.54, 1.807) is 24.3 Å². The van der Waals surface area contributed by atoms with E-state index in [2.05, 4.69) is 10.3 Å². The second-order valence-corrected chi connectivity index (χ2v) is 5.74. The Bertz CT molecular complexity index is 1050. The zero-order valence-corrected chi connectivity index (χ0v) is 13.7. The fourth-order valence-corrected chi connectivity index (χ4v) is 2.57. The van der Waals surface area contributed by atoms with Crippen LogP contribution in [0.3, 0.4) is 0 Å². The lowest BCUT2D eigenvalue weighted by Gasteiger charge is -2.09. The Hall–Kier alpha value is -2.87. The van der Waals surface area contributed by atoms with Crippen molar-refractivity contribution in [3.8, 4) is 0 Å². The molecule has 3 aromatic rings. The Balaban J connectivity index is 1.93. The zero-order valence-electron chi connectivity index (χ0n) is 13.0. The van der Waals surface area contributed by atoms with Crippen LogP contribution in [0.2, 0.25) is 5.02 Å². The van der Waals surface area contributed by atoms with Crippen LogP contribution in [0.5, 0.6) is 0 Å². The number of hydrogen-bond donors (Lipinski definition) is 1. The van der Waals surface area contributed by atoms with Gasteiger partial charge in [0.05, 0.1) is 6.33 Å².